The van der Waals surface area contributed by atoms with Crippen molar-refractivity contribution in [2.24, 2.45) is 12.0 Å². The molecule has 0 amide bonds. The van der Waals surface area contributed by atoms with Crippen LogP contribution < -0.4 is 15.4 Å². The van der Waals surface area contributed by atoms with Crippen LogP contribution in [0.3, 0.4) is 0 Å². The summed E-state index contributed by atoms with van der Waals surface area (Å²) >= 11 is 0. The van der Waals surface area contributed by atoms with Gasteiger partial charge in [-0.3, -0.25) is 4.68 Å². The molecule has 148 valence electrons. The minimum Gasteiger partial charge on any atom is -0.491 e. The molecule has 0 radical (unpaired) electrons. The molecule has 7 nitrogen and oxygen atoms in total. The topological polar surface area (TPSA) is 83.7 Å². The van der Waals surface area contributed by atoms with Crippen molar-refractivity contribution in [2.75, 3.05) is 19.7 Å². The van der Waals surface area contributed by atoms with E-state index in [1.807, 2.05) is 13.8 Å². The van der Waals surface area contributed by atoms with Crippen molar-refractivity contribution < 1.29 is 14.2 Å². The second kappa shape index (κ2) is 9.36. The number of aryl methyl sites for hydroxylation is 1. The van der Waals surface area contributed by atoms with E-state index >= 15 is 0 Å². The fourth-order valence-corrected chi connectivity index (χ4v) is 2.48. The average molecular weight is 377 g/mol. The fourth-order valence-electron chi connectivity index (χ4n) is 2.48. The number of hydrogen-bond acceptors (Lipinski definition) is 4. The van der Waals surface area contributed by atoms with Crippen LogP contribution in [0.15, 0.2) is 35.6 Å². The zero-order valence-electron chi connectivity index (χ0n) is 16.3. The van der Waals surface area contributed by atoms with E-state index in [9.17, 15) is 9.50 Å². The highest BCUT2D eigenvalue weighted by atomic mass is 19.1. The van der Waals surface area contributed by atoms with Gasteiger partial charge in [-0.2, -0.15) is 5.10 Å². The number of aromatic nitrogens is 2. The number of halogens is 1. The largest absolute Gasteiger partial charge is 0.491 e. The Bertz CT molecular complexity index is 773. The highest BCUT2D eigenvalue weighted by molar-refractivity contribution is 5.79. The van der Waals surface area contributed by atoms with Crippen LogP contribution in [0.2, 0.25) is 0 Å². The Labute approximate surface area is 159 Å². The van der Waals surface area contributed by atoms with Crippen molar-refractivity contribution in [1.29, 1.82) is 0 Å². The van der Waals surface area contributed by atoms with Gasteiger partial charge in [0, 0.05) is 25.4 Å². The van der Waals surface area contributed by atoms with Crippen LogP contribution in [0.25, 0.3) is 0 Å². The number of rotatable bonds is 8. The number of ether oxygens (including phenoxy) is 1. The first-order valence-corrected chi connectivity index (χ1v) is 9.00. The maximum absolute atomic E-state index is 14.0. The lowest BCUT2D eigenvalue weighted by atomic mass is 10.00. The van der Waals surface area contributed by atoms with Crippen LogP contribution in [-0.4, -0.2) is 40.5 Å². The Morgan fingerprint density at radius 1 is 1.37 bits per heavy atom. The number of nitrogens with one attached hydrogen (secondary N) is 2. The first-order chi connectivity index (χ1) is 12.9. The molecule has 0 aliphatic heterocycles. The number of aliphatic imine (C=N–C) groups is 1. The van der Waals surface area contributed by atoms with Crippen molar-refractivity contribution in [3.63, 3.8) is 0 Å². The summed E-state index contributed by atoms with van der Waals surface area (Å²) in [5, 5.41) is 21.0. The Balaban J connectivity index is 2.02. The summed E-state index contributed by atoms with van der Waals surface area (Å²) in [5.74, 6) is 0.376. The molecule has 2 aromatic rings. The summed E-state index contributed by atoms with van der Waals surface area (Å²) in [7, 11) is 1.80. The number of guanidine groups is 1. The van der Waals surface area contributed by atoms with Gasteiger partial charge in [0.1, 0.15) is 5.60 Å². The van der Waals surface area contributed by atoms with Crippen LogP contribution in [0, 0.1) is 5.82 Å². The summed E-state index contributed by atoms with van der Waals surface area (Å²) in [6.07, 6.45) is 3.41. The van der Waals surface area contributed by atoms with Gasteiger partial charge in [-0.05, 0) is 38.5 Å². The third-order valence-electron chi connectivity index (χ3n) is 3.99. The molecule has 27 heavy (non-hydrogen) atoms. The molecule has 1 heterocycles. The lowest BCUT2D eigenvalue weighted by Crippen LogP contribution is -2.44. The molecule has 1 unspecified atom stereocenters. The molecule has 0 aliphatic carbocycles. The van der Waals surface area contributed by atoms with E-state index in [1.54, 1.807) is 43.2 Å². The fraction of sp³-hybridized carbons (Fsp3) is 0.474. The van der Waals surface area contributed by atoms with E-state index in [-0.39, 0.29) is 12.3 Å². The van der Waals surface area contributed by atoms with Gasteiger partial charge in [-0.25, -0.2) is 9.38 Å². The van der Waals surface area contributed by atoms with Gasteiger partial charge in [-0.15, -0.1) is 0 Å². The van der Waals surface area contributed by atoms with E-state index < -0.39 is 11.4 Å². The third kappa shape index (κ3) is 5.96. The van der Waals surface area contributed by atoms with E-state index in [2.05, 4.69) is 20.7 Å². The molecule has 1 aromatic heterocycles. The SMILES string of the molecule is CCNC(=NCc1ccc(OCC)c(F)c1)NCC(C)(O)c1cnn(C)c1. The summed E-state index contributed by atoms with van der Waals surface area (Å²) in [6.45, 7) is 7.11. The van der Waals surface area contributed by atoms with Gasteiger partial charge in [0.25, 0.3) is 0 Å². The van der Waals surface area contributed by atoms with Crippen molar-refractivity contribution in [3.8, 4) is 5.75 Å². The summed E-state index contributed by atoms with van der Waals surface area (Å²) < 4.78 is 20.8. The van der Waals surface area contributed by atoms with Gasteiger partial charge in [0.05, 0.1) is 25.9 Å². The third-order valence-corrected chi connectivity index (χ3v) is 3.99. The predicted molar refractivity (Wildman–Crippen MR) is 103 cm³/mol. The normalized spacial score (nSPS) is 13.9. The molecule has 0 fully saturated rings. The number of benzene rings is 1. The van der Waals surface area contributed by atoms with Crippen LogP contribution in [0.4, 0.5) is 4.39 Å². The van der Waals surface area contributed by atoms with E-state index in [4.69, 9.17) is 4.74 Å². The first kappa shape index (κ1) is 20.7. The van der Waals surface area contributed by atoms with Crippen LogP contribution >= 0.6 is 0 Å². The molecule has 3 N–H and O–H groups in total. The number of aliphatic hydroxyl groups is 1. The van der Waals surface area contributed by atoms with Gasteiger partial charge >= 0.3 is 0 Å². The average Bonchev–Trinajstić information content (AvgIpc) is 3.07. The Kier molecular flexibility index (Phi) is 7.18. The van der Waals surface area contributed by atoms with Crippen LogP contribution in [-0.2, 0) is 19.2 Å². The number of hydrogen-bond donors (Lipinski definition) is 3. The highest BCUT2D eigenvalue weighted by Crippen LogP contribution is 2.19. The summed E-state index contributed by atoms with van der Waals surface area (Å²) in [4.78, 5) is 4.46. The predicted octanol–water partition coefficient (Wildman–Crippen LogP) is 1.92. The number of nitrogens with zero attached hydrogens (tertiary/aromatic N) is 3. The minimum absolute atomic E-state index is 0.239. The Morgan fingerprint density at radius 3 is 2.74 bits per heavy atom. The molecule has 1 atom stereocenters. The zero-order chi connectivity index (χ0) is 19.9. The highest BCUT2D eigenvalue weighted by Gasteiger charge is 2.25. The molecular weight excluding hydrogens is 349 g/mol. The lowest BCUT2D eigenvalue weighted by Gasteiger charge is -2.23. The van der Waals surface area contributed by atoms with Gasteiger partial charge < -0.3 is 20.5 Å². The molecule has 2 rings (SSSR count). The monoisotopic (exact) mass is 377 g/mol. The minimum atomic E-state index is -1.10. The zero-order valence-corrected chi connectivity index (χ0v) is 16.3. The van der Waals surface area contributed by atoms with Gasteiger partial charge in [0.2, 0.25) is 0 Å². The quantitative estimate of drug-likeness (QED) is 0.484. The second-order valence-electron chi connectivity index (χ2n) is 6.42. The molecular formula is C19H28FN5O2. The maximum atomic E-state index is 14.0. The smallest absolute Gasteiger partial charge is 0.191 e. The molecule has 0 saturated heterocycles. The molecule has 0 bridgehead atoms. The Morgan fingerprint density at radius 2 is 2.15 bits per heavy atom. The molecule has 0 spiro atoms. The maximum Gasteiger partial charge on any atom is 0.191 e. The second-order valence-corrected chi connectivity index (χ2v) is 6.42. The molecule has 0 saturated carbocycles. The van der Waals surface area contributed by atoms with E-state index in [0.717, 1.165) is 5.56 Å². The van der Waals surface area contributed by atoms with Crippen molar-refractivity contribution in [3.05, 3.63) is 47.5 Å². The van der Waals surface area contributed by atoms with Gasteiger partial charge in [0.15, 0.2) is 17.5 Å². The van der Waals surface area contributed by atoms with Crippen LogP contribution in [0.5, 0.6) is 5.75 Å². The lowest BCUT2D eigenvalue weighted by molar-refractivity contribution is 0.0616. The Hall–Kier alpha value is -2.61. The van der Waals surface area contributed by atoms with Crippen molar-refractivity contribution in [1.82, 2.24) is 20.4 Å². The standard InChI is InChI=1S/C19H28FN5O2/c1-5-21-18(23-13-19(3,26)15-11-24-25(4)12-15)22-10-14-7-8-17(27-6-2)16(20)9-14/h7-9,11-12,26H,5-6,10,13H2,1-4H3,(H2,21,22,23). The molecule has 1 aromatic carbocycles. The van der Waals surface area contributed by atoms with Gasteiger partial charge in [-0.1, -0.05) is 6.07 Å². The van der Waals surface area contributed by atoms with E-state index in [1.165, 1.54) is 6.07 Å². The molecule has 0 aliphatic rings. The van der Waals surface area contributed by atoms with Crippen molar-refractivity contribution in [2.45, 2.75) is 32.9 Å². The molecule has 8 heteroatoms. The first-order valence-electron chi connectivity index (χ1n) is 9.00. The van der Waals surface area contributed by atoms with Crippen molar-refractivity contribution >= 4 is 5.96 Å². The summed E-state index contributed by atoms with van der Waals surface area (Å²) in [6, 6.07) is 4.81. The summed E-state index contributed by atoms with van der Waals surface area (Å²) in [5.41, 5.74) is 0.338. The van der Waals surface area contributed by atoms with Crippen LogP contribution in [0.1, 0.15) is 31.9 Å². The van der Waals surface area contributed by atoms with E-state index in [0.29, 0.717) is 31.2 Å².